The largest absolute Gasteiger partial charge is 0.491 e. The van der Waals surface area contributed by atoms with Gasteiger partial charge in [-0.1, -0.05) is 19.1 Å². The van der Waals surface area contributed by atoms with Crippen LogP contribution in [-0.4, -0.2) is 42.1 Å². The van der Waals surface area contributed by atoms with E-state index in [0.29, 0.717) is 11.8 Å². The molecule has 2 atom stereocenters. The Kier molecular flexibility index (Phi) is 7.48. The van der Waals surface area contributed by atoms with Gasteiger partial charge in [0.25, 0.3) is 0 Å². The van der Waals surface area contributed by atoms with Gasteiger partial charge in [-0.2, -0.15) is 0 Å². The van der Waals surface area contributed by atoms with E-state index >= 15 is 0 Å². The summed E-state index contributed by atoms with van der Waals surface area (Å²) in [7, 11) is 0. The molecule has 0 saturated carbocycles. The van der Waals surface area contributed by atoms with Crippen molar-refractivity contribution < 1.29 is 14.9 Å². The average molecular weight is 267 g/mol. The number of nitrogens with one attached hydrogen (secondary N) is 1. The van der Waals surface area contributed by atoms with Crippen LogP contribution in [0.3, 0.4) is 0 Å². The maximum atomic E-state index is 9.19. The second kappa shape index (κ2) is 8.91. The van der Waals surface area contributed by atoms with Gasteiger partial charge in [-0.05, 0) is 44.0 Å². The topological polar surface area (TPSA) is 61.7 Å². The Hall–Kier alpha value is -1.10. The Balaban J connectivity index is 2.38. The second-order valence-corrected chi connectivity index (χ2v) is 4.85. The zero-order valence-electron chi connectivity index (χ0n) is 11.8. The van der Waals surface area contributed by atoms with Crippen LogP contribution in [-0.2, 0) is 6.42 Å². The first-order valence-electron chi connectivity index (χ1n) is 6.89. The lowest BCUT2D eigenvalue weighted by Gasteiger charge is -2.14. The van der Waals surface area contributed by atoms with Crippen LogP contribution in [0.4, 0.5) is 0 Å². The number of hydrogen-bond acceptors (Lipinski definition) is 4. The van der Waals surface area contributed by atoms with Crippen molar-refractivity contribution in [3.63, 3.8) is 0 Å². The molecule has 3 N–H and O–H groups in total. The number of ether oxygens (including phenoxy) is 1. The molecule has 1 rings (SSSR count). The Bertz CT molecular complexity index is 340. The van der Waals surface area contributed by atoms with E-state index in [2.05, 4.69) is 19.2 Å². The van der Waals surface area contributed by atoms with E-state index in [-0.39, 0.29) is 13.2 Å². The van der Waals surface area contributed by atoms with Crippen molar-refractivity contribution in [2.24, 2.45) is 0 Å². The number of rotatable bonds is 9. The van der Waals surface area contributed by atoms with Gasteiger partial charge in [0.05, 0.1) is 6.61 Å². The molecule has 1 aromatic carbocycles. The Morgan fingerprint density at radius 1 is 1.26 bits per heavy atom. The highest BCUT2D eigenvalue weighted by Gasteiger charge is 2.05. The predicted octanol–water partition coefficient (Wildman–Crippen LogP) is 1.35. The van der Waals surface area contributed by atoms with E-state index in [1.54, 1.807) is 0 Å². The molecule has 0 radical (unpaired) electrons. The standard InChI is InChI=1S/C15H25NO3/c1-3-8-16-12(2)9-13-4-6-15(7-5-13)19-11-14(18)10-17/h4-7,12,14,16-18H,3,8-11H2,1-2H3. The molecule has 108 valence electrons. The molecule has 0 aliphatic carbocycles. The van der Waals surface area contributed by atoms with Crippen LogP contribution in [0.2, 0.25) is 0 Å². The summed E-state index contributed by atoms with van der Waals surface area (Å²) in [6, 6.07) is 8.32. The fourth-order valence-electron chi connectivity index (χ4n) is 1.78. The average Bonchev–Trinajstić information content (AvgIpc) is 2.44. The molecule has 0 aromatic heterocycles. The van der Waals surface area contributed by atoms with Crippen LogP contribution in [0, 0.1) is 0 Å². The van der Waals surface area contributed by atoms with E-state index in [0.717, 1.165) is 19.4 Å². The van der Waals surface area contributed by atoms with Crippen molar-refractivity contribution in [3.05, 3.63) is 29.8 Å². The van der Waals surface area contributed by atoms with Gasteiger partial charge in [0.2, 0.25) is 0 Å². The van der Waals surface area contributed by atoms with Gasteiger partial charge in [0.15, 0.2) is 0 Å². The molecule has 4 heteroatoms. The summed E-state index contributed by atoms with van der Waals surface area (Å²) in [5, 5.41) is 21.3. The fraction of sp³-hybridized carbons (Fsp3) is 0.600. The van der Waals surface area contributed by atoms with Crippen molar-refractivity contribution in [1.29, 1.82) is 0 Å². The molecule has 19 heavy (non-hydrogen) atoms. The summed E-state index contributed by atoms with van der Waals surface area (Å²) < 4.78 is 5.36. The molecule has 0 aliphatic rings. The first kappa shape index (κ1) is 16.0. The predicted molar refractivity (Wildman–Crippen MR) is 76.5 cm³/mol. The molecular weight excluding hydrogens is 242 g/mol. The minimum absolute atomic E-state index is 0.115. The van der Waals surface area contributed by atoms with Gasteiger partial charge >= 0.3 is 0 Å². The van der Waals surface area contributed by atoms with Gasteiger partial charge in [0.1, 0.15) is 18.5 Å². The Morgan fingerprint density at radius 3 is 2.53 bits per heavy atom. The number of aliphatic hydroxyl groups excluding tert-OH is 2. The van der Waals surface area contributed by atoms with Gasteiger partial charge in [-0.25, -0.2) is 0 Å². The van der Waals surface area contributed by atoms with Crippen LogP contribution >= 0.6 is 0 Å². The lowest BCUT2D eigenvalue weighted by molar-refractivity contribution is 0.0536. The fourth-order valence-corrected chi connectivity index (χ4v) is 1.78. The van der Waals surface area contributed by atoms with Crippen molar-refractivity contribution in [2.75, 3.05) is 19.8 Å². The van der Waals surface area contributed by atoms with Crippen molar-refractivity contribution in [3.8, 4) is 5.75 Å². The molecule has 0 amide bonds. The SMILES string of the molecule is CCCNC(C)Cc1ccc(OCC(O)CO)cc1. The molecule has 0 bridgehead atoms. The summed E-state index contributed by atoms with van der Waals surface area (Å²) >= 11 is 0. The molecule has 0 aliphatic heterocycles. The second-order valence-electron chi connectivity index (χ2n) is 4.85. The van der Waals surface area contributed by atoms with Crippen LogP contribution < -0.4 is 10.1 Å². The van der Waals surface area contributed by atoms with Crippen molar-refractivity contribution in [1.82, 2.24) is 5.32 Å². The van der Waals surface area contributed by atoms with E-state index in [9.17, 15) is 5.11 Å². The third kappa shape index (κ3) is 6.57. The first-order chi connectivity index (χ1) is 9.15. The first-order valence-corrected chi connectivity index (χ1v) is 6.89. The van der Waals surface area contributed by atoms with E-state index in [4.69, 9.17) is 9.84 Å². The van der Waals surface area contributed by atoms with Crippen LogP contribution in [0.5, 0.6) is 5.75 Å². The van der Waals surface area contributed by atoms with Crippen molar-refractivity contribution in [2.45, 2.75) is 38.8 Å². The Labute approximate surface area is 115 Å². The quantitative estimate of drug-likeness (QED) is 0.632. The van der Waals surface area contributed by atoms with Gasteiger partial charge in [0, 0.05) is 6.04 Å². The minimum atomic E-state index is -0.821. The maximum absolute atomic E-state index is 9.19. The molecule has 4 nitrogen and oxygen atoms in total. The molecular formula is C15H25NO3. The highest BCUT2D eigenvalue weighted by atomic mass is 16.5. The van der Waals surface area contributed by atoms with E-state index in [1.807, 2.05) is 24.3 Å². The summed E-state index contributed by atoms with van der Waals surface area (Å²) in [6.45, 7) is 5.22. The van der Waals surface area contributed by atoms with Crippen LogP contribution in [0.1, 0.15) is 25.8 Å². The minimum Gasteiger partial charge on any atom is -0.491 e. The zero-order valence-corrected chi connectivity index (χ0v) is 11.8. The number of aliphatic hydroxyl groups is 2. The monoisotopic (exact) mass is 267 g/mol. The van der Waals surface area contributed by atoms with Crippen molar-refractivity contribution >= 4 is 0 Å². The zero-order chi connectivity index (χ0) is 14.1. The molecule has 1 aromatic rings. The Morgan fingerprint density at radius 2 is 1.95 bits per heavy atom. The van der Waals surface area contributed by atoms with Gasteiger partial charge < -0.3 is 20.3 Å². The molecule has 0 saturated heterocycles. The van der Waals surface area contributed by atoms with Crippen LogP contribution in [0.25, 0.3) is 0 Å². The summed E-state index contributed by atoms with van der Waals surface area (Å²) in [6.07, 6.45) is 1.31. The van der Waals surface area contributed by atoms with E-state index in [1.165, 1.54) is 5.56 Å². The van der Waals surface area contributed by atoms with E-state index < -0.39 is 6.10 Å². The maximum Gasteiger partial charge on any atom is 0.119 e. The summed E-state index contributed by atoms with van der Waals surface area (Å²) in [5.41, 5.74) is 1.26. The lowest BCUT2D eigenvalue weighted by Crippen LogP contribution is -2.28. The third-order valence-corrected chi connectivity index (χ3v) is 2.86. The molecule has 0 spiro atoms. The normalized spacial score (nSPS) is 14.1. The molecule has 2 unspecified atom stereocenters. The lowest BCUT2D eigenvalue weighted by atomic mass is 10.1. The number of benzene rings is 1. The number of hydrogen-bond donors (Lipinski definition) is 3. The molecule has 0 fully saturated rings. The van der Waals surface area contributed by atoms with Gasteiger partial charge in [-0.3, -0.25) is 0 Å². The third-order valence-electron chi connectivity index (χ3n) is 2.86. The molecule has 0 heterocycles. The highest BCUT2D eigenvalue weighted by molar-refractivity contribution is 5.27. The summed E-state index contributed by atoms with van der Waals surface area (Å²) in [5.74, 6) is 0.713. The van der Waals surface area contributed by atoms with Crippen LogP contribution in [0.15, 0.2) is 24.3 Å². The highest BCUT2D eigenvalue weighted by Crippen LogP contribution is 2.13. The summed E-state index contributed by atoms with van der Waals surface area (Å²) in [4.78, 5) is 0. The smallest absolute Gasteiger partial charge is 0.119 e. The van der Waals surface area contributed by atoms with Gasteiger partial charge in [-0.15, -0.1) is 0 Å².